The Kier molecular flexibility index (Phi) is 7.50. The molecule has 194 valence electrons. The Hall–Kier alpha value is -3.91. The van der Waals surface area contributed by atoms with E-state index in [1.807, 2.05) is 0 Å². The van der Waals surface area contributed by atoms with Crippen molar-refractivity contribution in [3.8, 4) is 11.5 Å². The van der Waals surface area contributed by atoms with E-state index in [1.165, 1.54) is 29.2 Å². The van der Waals surface area contributed by atoms with E-state index in [4.69, 9.17) is 9.47 Å². The highest BCUT2D eigenvalue weighted by Gasteiger charge is 2.38. The first-order valence-electron chi connectivity index (χ1n) is 10.8. The van der Waals surface area contributed by atoms with Crippen LogP contribution in [0.3, 0.4) is 0 Å². The van der Waals surface area contributed by atoms with Gasteiger partial charge in [0.05, 0.1) is 28.6 Å². The molecule has 0 aromatic heterocycles. The van der Waals surface area contributed by atoms with Gasteiger partial charge < -0.3 is 14.4 Å². The molecule has 0 unspecified atom stereocenters. The maximum absolute atomic E-state index is 13.0. The molecule has 10 nitrogen and oxygen atoms in total. The average Bonchev–Trinajstić information content (AvgIpc) is 3.12. The first-order chi connectivity index (χ1) is 17.5. The van der Waals surface area contributed by atoms with Crippen LogP contribution in [0.25, 0.3) is 6.08 Å². The first kappa shape index (κ1) is 26.2. The zero-order chi connectivity index (χ0) is 26.7. The molecule has 2 saturated heterocycles. The molecule has 0 saturated carbocycles. The Bertz CT molecular complexity index is 1290. The fraction of sp³-hybridized carbons (Fsp3) is 0.261. The Morgan fingerprint density at radius 1 is 1.14 bits per heavy atom. The maximum atomic E-state index is 13.0. The molecule has 0 aliphatic carbocycles. The van der Waals surface area contributed by atoms with Crippen LogP contribution in [0.2, 0.25) is 0 Å². The van der Waals surface area contributed by atoms with Gasteiger partial charge in [-0.1, -0.05) is 18.2 Å². The average molecular weight is 537 g/mol. The van der Waals surface area contributed by atoms with E-state index in [0.29, 0.717) is 50.2 Å². The van der Waals surface area contributed by atoms with Crippen LogP contribution in [0, 0.1) is 10.1 Å². The summed E-state index contributed by atoms with van der Waals surface area (Å²) in [6.07, 6.45) is -3.47. The van der Waals surface area contributed by atoms with Gasteiger partial charge in [0.25, 0.3) is 11.1 Å². The van der Waals surface area contributed by atoms with Crippen molar-refractivity contribution in [3.63, 3.8) is 0 Å². The molecule has 14 heteroatoms. The molecule has 3 amide bonds. The van der Waals surface area contributed by atoms with Crippen molar-refractivity contribution in [2.45, 2.75) is 6.18 Å². The lowest BCUT2D eigenvalue weighted by Crippen LogP contribution is -2.46. The van der Waals surface area contributed by atoms with Crippen molar-refractivity contribution in [2.75, 3.05) is 32.8 Å². The molecule has 2 aliphatic rings. The number of alkyl halides is 3. The van der Waals surface area contributed by atoms with E-state index >= 15 is 0 Å². The smallest absolute Gasteiger partial charge is 0.416 e. The van der Waals surface area contributed by atoms with Gasteiger partial charge in [0.1, 0.15) is 12.3 Å². The van der Waals surface area contributed by atoms with Gasteiger partial charge in [-0.15, -0.1) is 0 Å². The van der Waals surface area contributed by atoms with Gasteiger partial charge >= 0.3 is 11.9 Å². The number of hydrogen-bond donors (Lipinski definition) is 0. The Morgan fingerprint density at radius 2 is 1.84 bits per heavy atom. The van der Waals surface area contributed by atoms with Crippen LogP contribution in [-0.4, -0.2) is 64.6 Å². The SMILES string of the molecule is O=C(CN1C(=O)S/C(=C/c2ccccc2Oc2ccc(C(F)(F)F)cc2[N+](=O)[O-])C1=O)N1CCOCC1. The van der Waals surface area contributed by atoms with E-state index in [9.17, 15) is 37.7 Å². The number of amides is 3. The molecule has 2 heterocycles. The number of morpholine rings is 1. The zero-order valence-electron chi connectivity index (χ0n) is 18.9. The summed E-state index contributed by atoms with van der Waals surface area (Å²) in [5.74, 6) is -1.54. The van der Waals surface area contributed by atoms with Crippen molar-refractivity contribution in [2.24, 2.45) is 0 Å². The summed E-state index contributed by atoms with van der Waals surface area (Å²) in [7, 11) is 0. The lowest BCUT2D eigenvalue weighted by atomic mass is 10.1. The van der Waals surface area contributed by atoms with Crippen LogP contribution >= 0.6 is 11.8 Å². The third-order valence-corrected chi connectivity index (χ3v) is 6.35. The van der Waals surface area contributed by atoms with E-state index < -0.39 is 51.7 Å². The highest BCUT2D eigenvalue weighted by atomic mass is 32.2. The maximum Gasteiger partial charge on any atom is 0.416 e. The van der Waals surface area contributed by atoms with Crippen LogP contribution in [0.5, 0.6) is 11.5 Å². The van der Waals surface area contributed by atoms with Crippen LogP contribution in [0.1, 0.15) is 11.1 Å². The number of carbonyl (C=O) groups excluding carboxylic acids is 3. The topological polar surface area (TPSA) is 119 Å². The molecular weight excluding hydrogens is 519 g/mol. The molecule has 0 spiro atoms. The van der Waals surface area contributed by atoms with Crippen molar-refractivity contribution in [1.82, 2.24) is 9.80 Å². The standard InChI is InChI=1S/C23H18F3N3O7S/c24-23(25,26)15-5-6-18(16(12-15)29(33)34)36-17-4-2-1-3-14(17)11-19-21(31)28(22(32)37-19)13-20(30)27-7-9-35-10-8-27/h1-6,11-12H,7-10,13H2/b19-11+. The number of nitro benzene ring substituents is 1. The van der Waals surface area contributed by atoms with Gasteiger partial charge in [-0.25, -0.2) is 0 Å². The van der Waals surface area contributed by atoms with Crippen LogP contribution in [-0.2, 0) is 20.5 Å². The first-order valence-corrected chi connectivity index (χ1v) is 11.6. The second-order valence-electron chi connectivity index (χ2n) is 7.84. The van der Waals surface area contributed by atoms with Crippen molar-refractivity contribution >= 4 is 40.6 Å². The fourth-order valence-corrected chi connectivity index (χ4v) is 4.39. The third kappa shape index (κ3) is 5.91. The second-order valence-corrected chi connectivity index (χ2v) is 8.83. The largest absolute Gasteiger partial charge is 0.449 e. The van der Waals surface area contributed by atoms with Crippen LogP contribution in [0.4, 0.5) is 23.7 Å². The third-order valence-electron chi connectivity index (χ3n) is 5.44. The quantitative estimate of drug-likeness (QED) is 0.304. The minimum absolute atomic E-state index is 0.00144. The monoisotopic (exact) mass is 537 g/mol. The molecule has 4 rings (SSSR count). The number of nitro groups is 1. The Balaban J connectivity index is 1.57. The predicted octanol–water partition coefficient (Wildman–Crippen LogP) is 4.30. The number of benzene rings is 2. The molecule has 2 fully saturated rings. The molecule has 0 radical (unpaired) electrons. The van der Waals surface area contributed by atoms with Gasteiger partial charge in [0.15, 0.2) is 0 Å². The summed E-state index contributed by atoms with van der Waals surface area (Å²) in [5.41, 5.74) is -1.87. The summed E-state index contributed by atoms with van der Waals surface area (Å²) in [6, 6.07) is 7.86. The summed E-state index contributed by atoms with van der Waals surface area (Å²) in [4.78, 5) is 50.5. The molecule has 2 aliphatic heterocycles. The van der Waals surface area contributed by atoms with Crippen molar-refractivity contribution in [1.29, 1.82) is 0 Å². The number of halogens is 3. The van der Waals surface area contributed by atoms with Gasteiger partial charge in [-0.2, -0.15) is 13.2 Å². The number of thioether (sulfide) groups is 1. The lowest BCUT2D eigenvalue weighted by molar-refractivity contribution is -0.385. The molecular formula is C23H18F3N3O7S. The lowest BCUT2D eigenvalue weighted by Gasteiger charge is -2.28. The summed E-state index contributed by atoms with van der Waals surface area (Å²) in [5, 5.41) is 10.7. The summed E-state index contributed by atoms with van der Waals surface area (Å²) >= 11 is 0.607. The Labute approximate surface area is 211 Å². The predicted molar refractivity (Wildman–Crippen MR) is 125 cm³/mol. The zero-order valence-corrected chi connectivity index (χ0v) is 19.7. The second kappa shape index (κ2) is 10.6. The molecule has 0 bridgehead atoms. The number of nitrogens with zero attached hydrogens (tertiary/aromatic N) is 3. The van der Waals surface area contributed by atoms with E-state index in [1.54, 1.807) is 6.07 Å². The number of para-hydroxylation sites is 1. The number of hydrogen-bond acceptors (Lipinski definition) is 8. The van der Waals surface area contributed by atoms with Gasteiger partial charge in [-0.05, 0) is 36.0 Å². The fourth-order valence-electron chi connectivity index (χ4n) is 3.56. The van der Waals surface area contributed by atoms with Crippen molar-refractivity contribution in [3.05, 3.63) is 68.6 Å². The molecule has 0 N–H and O–H groups in total. The summed E-state index contributed by atoms with van der Waals surface area (Å²) in [6.45, 7) is 0.998. The number of ether oxygens (including phenoxy) is 2. The minimum atomic E-state index is -4.78. The molecule has 0 atom stereocenters. The highest BCUT2D eigenvalue weighted by Crippen LogP contribution is 2.40. The number of imide groups is 1. The van der Waals surface area contributed by atoms with Crippen LogP contribution in [0.15, 0.2) is 47.4 Å². The minimum Gasteiger partial charge on any atom is -0.449 e. The number of carbonyl (C=O) groups is 3. The summed E-state index contributed by atoms with van der Waals surface area (Å²) < 4.78 is 49.8. The Morgan fingerprint density at radius 3 is 2.51 bits per heavy atom. The van der Waals surface area contributed by atoms with Crippen LogP contribution < -0.4 is 4.74 Å². The molecule has 2 aromatic rings. The molecule has 2 aromatic carbocycles. The van der Waals surface area contributed by atoms with E-state index in [0.717, 1.165) is 11.0 Å². The van der Waals surface area contributed by atoms with Gasteiger partial charge in [0.2, 0.25) is 11.7 Å². The van der Waals surface area contributed by atoms with Gasteiger partial charge in [0, 0.05) is 24.7 Å². The number of rotatable bonds is 6. The van der Waals surface area contributed by atoms with Gasteiger partial charge in [-0.3, -0.25) is 29.4 Å². The van der Waals surface area contributed by atoms with E-state index in [2.05, 4.69) is 0 Å². The van der Waals surface area contributed by atoms with E-state index in [-0.39, 0.29) is 16.2 Å². The normalized spacial score (nSPS) is 17.4. The highest BCUT2D eigenvalue weighted by molar-refractivity contribution is 8.18. The molecule has 37 heavy (non-hydrogen) atoms. The van der Waals surface area contributed by atoms with Crippen molar-refractivity contribution < 1.29 is 42.0 Å².